The van der Waals surface area contributed by atoms with Crippen LogP contribution in [-0.2, 0) is 11.2 Å². The van der Waals surface area contributed by atoms with Crippen molar-refractivity contribution in [3.05, 3.63) is 29.8 Å². The molecule has 0 spiro atoms. The number of carboxylic acids is 1. The molecule has 3 unspecified atom stereocenters. The van der Waals surface area contributed by atoms with Gasteiger partial charge in [-0.15, -0.1) is 0 Å². The zero-order valence-corrected chi connectivity index (χ0v) is 13.0. The third-order valence-electron chi connectivity index (χ3n) is 5.13. The van der Waals surface area contributed by atoms with Crippen molar-refractivity contribution < 1.29 is 9.90 Å². The summed E-state index contributed by atoms with van der Waals surface area (Å²) in [5.74, 6) is 0.533. The number of fused-ring (bicyclic) bond motifs is 1. The van der Waals surface area contributed by atoms with Crippen LogP contribution < -0.4 is 4.90 Å². The van der Waals surface area contributed by atoms with E-state index in [2.05, 4.69) is 36.9 Å². The Hall–Kier alpha value is -1.51. The van der Waals surface area contributed by atoms with E-state index in [1.807, 2.05) is 6.07 Å². The van der Waals surface area contributed by atoms with Crippen molar-refractivity contribution in [1.29, 1.82) is 0 Å². The normalized spacial score (nSPS) is 32.6. The van der Waals surface area contributed by atoms with Gasteiger partial charge in [0.1, 0.15) is 0 Å². The molecular formula is C18H25NO2. The SMILES string of the molecule is CC1CC(C)CC(N2CC(C(=O)O)Cc3ccccc32)C1. The van der Waals surface area contributed by atoms with Crippen molar-refractivity contribution in [3.8, 4) is 0 Å². The summed E-state index contributed by atoms with van der Waals surface area (Å²) in [6, 6.07) is 8.84. The zero-order valence-electron chi connectivity index (χ0n) is 13.0. The second-order valence-electron chi connectivity index (χ2n) is 7.09. The van der Waals surface area contributed by atoms with E-state index in [1.54, 1.807) is 0 Å². The average molecular weight is 287 g/mol. The predicted octanol–water partition coefficient (Wildman–Crippen LogP) is 3.57. The van der Waals surface area contributed by atoms with Crippen molar-refractivity contribution in [1.82, 2.24) is 0 Å². The van der Waals surface area contributed by atoms with Gasteiger partial charge in [0.05, 0.1) is 5.92 Å². The Morgan fingerprint density at radius 2 is 1.81 bits per heavy atom. The number of benzene rings is 1. The molecule has 21 heavy (non-hydrogen) atoms. The van der Waals surface area contributed by atoms with Gasteiger partial charge in [0, 0.05) is 18.3 Å². The zero-order chi connectivity index (χ0) is 15.0. The van der Waals surface area contributed by atoms with Gasteiger partial charge in [0.2, 0.25) is 0 Å². The van der Waals surface area contributed by atoms with Crippen LogP contribution in [0.25, 0.3) is 0 Å². The Kier molecular flexibility index (Phi) is 3.92. The van der Waals surface area contributed by atoms with E-state index in [1.165, 1.54) is 30.5 Å². The standard InChI is InChI=1S/C18H25NO2/c1-12-7-13(2)9-16(8-12)19-11-15(18(20)21)10-14-5-3-4-6-17(14)19/h3-6,12-13,15-16H,7-11H2,1-2H3,(H,20,21). The van der Waals surface area contributed by atoms with Gasteiger partial charge in [-0.2, -0.15) is 0 Å². The molecule has 0 amide bonds. The van der Waals surface area contributed by atoms with Crippen LogP contribution in [0.2, 0.25) is 0 Å². The fraction of sp³-hybridized carbons (Fsp3) is 0.611. The number of nitrogens with zero attached hydrogens (tertiary/aromatic N) is 1. The third kappa shape index (κ3) is 2.92. The maximum Gasteiger partial charge on any atom is 0.308 e. The minimum absolute atomic E-state index is 0.271. The van der Waals surface area contributed by atoms with Crippen molar-refractivity contribution in [3.63, 3.8) is 0 Å². The molecule has 1 N–H and O–H groups in total. The van der Waals surface area contributed by atoms with Gasteiger partial charge in [-0.3, -0.25) is 4.79 Å². The van der Waals surface area contributed by atoms with Crippen molar-refractivity contribution >= 4 is 11.7 Å². The first-order valence-electron chi connectivity index (χ1n) is 8.12. The summed E-state index contributed by atoms with van der Waals surface area (Å²) in [5.41, 5.74) is 2.46. The molecule has 2 aliphatic rings. The third-order valence-corrected chi connectivity index (χ3v) is 5.13. The molecule has 0 bridgehead atoms. The lowest BCUT2D eigenvalue weighted by Crippen LogP contribution is -2.47. The van der Waals surface area contributed by atoms with Crippen LogP contribution in [-0.4, -0.2) is 23.7 Å². The van der Waals surface area contributed by atoms with Crippen molar-refractivity contribution in [2.45, 2.75) is 45.6 Å². The van der Waals surface area contributed by atoms with Crippen molar-refractivity contribution in [2.75, 3.05) is 11.4 Å². The van der Waals surface area contributed by atoms with E-state index in [0.717, 1.165) is 11.8 Å². The van der Waals surface area contributed by atoms with Crippen LogP contribution in [0.1, 0.15) is 38.7 Å². The molecule has 1 fully saturated rings. The number of carboxylic acid groups (broad SMARTS) is 1. The minimum atomic E-state index is -0.661. The summed E-state index contributed by atoms with van der Waals surface area (Å²) in [4.78, 5) is 13.9. The van der Waals surface area contributed by atoms with E-state index in [4.69, 9.17) is 0 Å². The first kappa shape index (κ1) is 14.4. The Morgan fingerprint density at radius 1 is 1.14 bits per heavy atom. The molecule has 1 aromatic carbocycles. The van der Waals surface area contributed by atoms with Crippen LogP contribution >= 0.6 is 0 Å². The summed E-state index contributed by atoms with van der Waals surface area (Å²) in [5, 5.41) is 9.46. The van der Waals surface area contributed by atoms with Gasteiger partial charge in [-0.1, -0.05) is 32.0 Å². The van der Waals surface area contributed by atoms with E-state index < -0.39 is 5.97 Å². The molecule has 3 nitrogen and oxygen atoms in total. The monoisotopic (exact) mass is 287 g/mol. The van der Waals surface area contributed by atoms with Crippen LogP contribution in [0.3, 0.4) is 0 Å². The molecule has 0 aromatic heterocycles. The maximum atomic E-state index is 11.5. The van der Waals surface area contributed by atoms with E-state index in [9.17, 15) is 9.90 Å². The van der Waals surface area contributed by atoms with E-state index in [-0.39, 0.29) is 5.92 Å². The Labute approximate surface area is 127 Å². The van der Waals surface area contributed by atoms with Gasteiger partial charge >= 0.3 is 5.97 Å². The number of para-hydroxylation sites is 1. The number of hydrogen-bond acceptors (Lipinski definition) is 2. The summed E-state index contributed by atoms with van der Waals surface area (Å²) in [7, 11) is 0. The summed E-state index contributed by atoms with van der Waals surface area (Å²) >= 11 is 0. The lowest BCUT2D eigenvalue weighted by Gasteiger charge is -2.44. The van der Waals surface area contributed by atoms with Gasteiger partial charge in [0.15, 0.2) is 0 Å². The highest BCUT2D eigenvalue weighted by Crippen LogP contribution is 2.38. The maximum absolute atomic E-state index is 11.5. The second-order valence-corrected chi connectivity index (χ2v) is 7.09. The highest BCUT2D eigenvalue weighted by atomic mass is 16.4. The smallest absolute Gasteiger partial charge is 0.308 e. The highest BCUT2D eigenvalue weighted by molar-refractivity contribution is 5.74. The minimum Gasteiger partial charge on any atom is -0.481 e. The van der Waals surface area contributed by atoms with Gasteiger partial charge in [-0.25, -0.2) is 0 Å². The first-order valence-corrected chi connectivity index (χ1v) is 8.12. The molecule has 114 valence electrons. The molecule has 1 heterocycles. The number of hydrogen-bond donors (Lipinski definition) is 1. The van der Waals surface area contributed by atoms with Crippen LogP contribution in [0, 0.1) is 17.8 Å². The molecule has 1 aromatic rings. The van der Waals surface area contributed by atoms with Crippen LogP contribution in [0.5, 0.6) is 0 Å². The molecular weight excluding hydrogens is 262 g/mol. The van der Waals surface area contributed by atoms with Gasteiger partial charge in [0.25, 0.3) is 0 Å². The fourth-order valence-electron chi connectivity index (χ4n) is 4.30. The number of aliphatic carboxylic acids is 1. The first-order chi connectivity index (χ1) is 10.0. The second kappa shape index (κ2) is 5.70. The molecule has 3 atom stereocenters. The lowest BCUT2D eigenvalue weighted by atomic mass is 9.78. The Bertz CT molecular complexity index is 518. The topological polar surface area (TPSA) is 40.5 Å². The largest absolute Gasteiger partial charge is 0.481 e. The molecule has 1 saturated carbocycles. The summed E-state index contributed by atoms with van der Waals surface area (Å²) in [6.45, 7) is 5.32. The summed E-state index contributed by atoms with van der Waals surface area (Å²) in [6.07, 6.45) is 4.34. The molecule has 1 aliphatic heterocycles. The molecule has 0 radical (unpaired) electrons. The summed E-state index contributed by atoms with van der Waals surface area (Å²) < 4.78 is 0. The number of rotatable bonds is 2. The van der Waals surface area contributed by atoms with Gasteiger partial charge < -0.3 is 10.0 Å². The molecule has 3 heteroatoms. The van der Waals surface area contributed by atoms with E-state index in [0.29, 0.717) is 19.0 Å². The molecule has 0 saturated heterocycles. The van der Waals surface area contributed by atoms with Crippen LogP contribution in [0.4, 0.5) is 5.69 Å². The van der Waals surface area contributed by atoms with Crippen LogP contribution in [0.15, 0.2) is 24.3 Å². The van der Waals surface area contributed by atoms with Gasteiger partial charge in [-0.05, 0) is 49.1 Å². The Morgan fingerprint density at radius 3 is 2.48 bits per heavy atom. The average Bonchev–Trinajstić information content (AvgIpc) is 2.45. The van der Waals surface area contributed by atoms with E-state index >= 15 is 0 Å². The lowest BCUT2D eigenvalue weighted by molar-refractivity contribution is -0.141. The molecule has 1 aliphatic carbocycles. The molecule has 3 rings (SSSR count). The number of anilines is 1. The fourth-order valence-corrected chi connectivity index (χ4v) is 4.30. The van der Waals surface area contributed by atoms with Crippen molar-refractivity contribution in [2.24, 2.45) is 17.8 Å². The quantitative estimate of drug-likeness (QED) is 0.904. The number of carbonyl (C=O) groups is 1. The highest BCUT2D eigenvalue weighted by Gasteiger charge is 2.35. The predicted molar refractivity (Wildman–Crippen MR) is 84.6 cm³/mol. The Balaban J connectivity index is 1.90.